The molecule has 9 heteroatoms. The third-order valence-corrected chi connectivity index (χ3v) is 5.40. The van der Waals surface area contributed by atoms with Crippen LogP contribution in [0.1, 0.15) is 18.0 Å². The lowest BCUT2D eigenvalue weighted by Crippen LogP contribution is -2.57. The normalized spacial score (nSPS) is 25.9. The van der Waals surface area contributed by atoms with Gasteiger partial charge in [0.25, 0.3) is 0 Å². The second-order valence-corrected chi connectivity index (χ2v) is 7.61. The average Bonchev–Trinajstić information content (AvgIpc) is 3.05. The maximum Gasteiger partial charge on any atom is 0.417 e. The summed E-state index contributed by atoms with van der Waals surface area (Å²) in [5.41, 5.74) is 5.29. The van der Waals surface area contributed by atoms with Crippen LogP contribution in [0.5, 0.6) is 5.75 Å². The number of phenolic OH excluding ortho intramolecular Hbond substituents is 1. The molecule has 0 aromatic heterocycles. The first-order valence-electron chi connectivity index (χ1n) is 9.97. The van der Waals surface area contributed by atoms with Gasteiger partial charge in [-0.2, -0.15) is 0 Å². The summed E-state index contributed by atoms with van der Waals surface area (Å²) in [7, 11) is 0. The standard InChI is InChI=1S/C23H22F2N2O5/c24-15-3-7-17(8-4-15)27-21(14-1-9-18(28)10-2-14)23(26,32-22(27)30)20(29)13-31-19-11-5-16(25)6-12-19/h1-5,7-12,16,20-21,28-29H,6,13,26H2/t16?,20-,21+,23+/m0/s1. The number of carbonyl (C=O) groups excluding carboxylic acids is 1. The molecule has 1 saturated heterocycles. The molecular formula is C23H22F2N2O5. The Balaban J connectivity index is 1.65. The van der Waals surface area contributed by atoms with E-state index in [1.807, 2.05) is 0 Å². The highest BCUT2D eigenvalue weighted by Crippen LogP contribution is 2.43. The number of hydrogen-bond acceptors (Lipinski definition) is 6. The molecule has 2 aliphatic rings. The van der Waals surface area contributed by atoms with Crippen molar-refractivity contribution in [2.24, 2.45) is 5.73 Å². The number of cyclic esters (lactones) is 1. The van der Waals surface area contributed by atoms with Crippen molar-refractivity contribution in [1.29, 1.82) is 0 Å². The summed E-state index contributed by atoms with van der Waals surface area (Å²) < 4.78 is 37.7. The number of nitrogens with two attached hydrogens (primary N) is 1. The minimum Gasteiger partial charge on any atom is -0.508 e. The molecule has 1 aliphatic carbocycles. The molecule has 1 unspecified atom stereocenters. The molecule has 32 heavy (non-hydrogen) atoms. The molecule has 1 amide bonds. The summed E-state index contributed by atoms with van der Waals surface area (Å²) in [6.07, 6.45) is 1.08. The van der Waals surface area contributed by atoms with Gasteiger partial charge < -0.3 is 19.7 Å². The Labute approximate surface area is 183 Å². The molecule has 4 N–H and O–H groups in total. The van der Waals surface area contributed by atoms with Gasteiger partial charge >= 0.3 is 6.09 Å². The van der Waals surface area contributed by atoms with Gasteiger partial charge in [0.15, 0.2) is 0 Å². The second-order valence-electron chi connectivity index (χ2n) is 7.61. The number of aromatic hydroxyl groups is 1. The van der Waals surface area contributed by atoms with Crippen molar-refractivity contribution in [1.82, 2.24) is 0 Å². The zero-order valence-corrected chi connectivity index (χ0v) is 16.9. The van der Waals surface area contributed by atoms with Crippen LogP contribution in [-0.4, -0.2) is 40.9 Å². The molecule has 1 aliphatic heterocycles. The summed E-state index contributed by atoms with van der Waals surface area (Å²) >= 11 is 0. The van der Waals surface area contributed by atoms with E-state index >= 15 is 0 Å². The smallest absolute Gasteiger partial charge is 0.417 e. The SMILES string of the molecule is N[C@]1([C@@H](O)COC2=CCC(F)C=C2)OC(=O)N(c2ccc(F)cc2)[C@@H]1c1ccc(O)cc1. The predicted molar refractivity (Wildman–Crippen MR) is 112 cm³/mol. The van der Waals surface area contributed by atoms with Gasteiger partial charge in [0.1, 0.15) is 42.3 Å². The molecule has 0 radical (unpaired) electrons. The average molecular weight is 444 g/mol. The molecule has 1 heterocycles. The van der Waals surface area contributed by atoms with Crippen LogP contribution in [0.4, 0.5) is 19.3 Å². The summed E-state index contributed by atoms with van der Waals surface area (Å²) in [6, 6.07) is 10.0. The molecule has 0 spiro atoms. The van der Waals surface area contributed by atoms with Gasteiger partial charge in [0, 0.05) is 12.1 Å². The first kappa shape index (κ1) is 21.8. The first-order chi connectivity index (χ1) is 15.3. The number of alkyl halides is 1. The Morgan fingerprint density at radius 2 is 1.91 bits per heavy atom. The zero-order valence-electron chi connectivity index (χ0n) is 16.9. The number of carbonyl (C=O) groups is 1. The number of halogens is 2. The van der Waals surface area contributed by atoms with Gasteiger partial charge in [-0.3, -0.25) is 10.6 Å². The fraction of sp³-hybridized carbons (Fsp3) is 0.261. The number of anilines is 1. The Morgan fingerprint density at radius 3 is 2.53 bits per heavy atom. The topological polar surface area (TPSA) is 105 Å². The number of amides is 1. The van der Waals surface area contributed by atoms with Crippen LogP contribution in [0.3, 0.4) is 0 Å². The van der Waals surface area contributed by atoms with Crippen molar-refractivity contribution in [3.8, 4) is 5.75 Å². The van der Waals surface area contributed by atoms with Crippen LogP contribution in [0.2, 0.25) is 0 Å². The van der Waals surface area contributed by atoms with Crippen molar-refractivity contribution in [3.63, 3.8) is 0 Å². The molecule has 4 atom stereocenters. The van der Waals surface area contributed by atoms with Gasteiger partial charge in [0.2, 0.25) is 5.72 Å². The number of allylic oxidation sites excluding steroid dienone is 3. The number of phenols is 1. The van der Waals surface area contributed by atoms with Crippen molar-refractivity contribution in [3.05, 3.63) is 83.9 Å². The monoisotopic (exact) mass is 444 g/mol. The third-order valence-electron chi connectivity index (χ3n) is 5.40. The molecular weight excluding hydrogens is 422 g/mol. The maximum absolute atomic E-state index is 13.4. The van der Waals surface area contributed by atoms with E-state index in [0.29, 0.717) is 17.0 Å². The Hall–Kier alpha value is -3.43. The van der Waals surface area contributed by atoms with E-state index in [-0.39, 0.29) is 18.8 Å². The Morgan fingerprint density at radius 1 is 1.22 bits per heavy atom. The Kier molecular flexibility index (Phi) is 5.86. The minimum absolute atomic E-state index is 0.000942. The van der Waals surface area contributed by atoms with E-state index in [1.165, 1.54) is 53.5 Å². The van der Waals surface area contributed by atoms with Gasteiger partial charge in [-0.15, -0.1) is 0 Å². The van der Waals surface area contributed by atoms with Gasteiger partial charge in [0.05, 0.1) is 0 Å². The molecule has 2 aromatic rings. The summed E-state index contributed by atoms with van der Waals surface area (Å²) in [5, 5.41) is 20.6. The van der Waals surface area contributed by atoms with Crippen LogP contribution >= 0.6 is 0 Å². The quantitative estimate of drug-likeness (QED) is 0.631. The number of benzene rings is 2. The number of aliphatic hydroxyl groups is 1. The molecule has 0 saturated carbocycles. The van der Waals surface area contributed by atoms with Crippen LogP contribution in [0.25, 0.3) is 0 Å². The van der Waals surface area contributed by atoms with E-state index in [9.17, 15) is 23.8 Å². The maximum atomic E-state index is 13.4. The lowest BCUT2D eigenvalue weighted by Gasteiger charge is -2.35. The highest BCUT2D eigenvalue weighted by molar-refractivity contribution is 5.91. The van der Waals surface area contributed by atoms with E-state index in [4.69, 9.17) is 15.2 Å². The molecule has 168 valence electrons. The van der Waals surface area contributed by atoms with Gasteiger partial charge in [-0.05, 0) is 60.2 Å². The lowest BCUT2D eigenvalue weighted by atomic mass is 9.91. The van der Waals surface area contributed by atoms with E-state index in [2.05, 4.69) is 0 Å². The van der Waals surface area contributed by atoms with Gasteiger partial charge in [-0.1, -0.05) is 12.1 Å². The van der Waals surface area contributed by atoms with Crippen molar-refractivity contribution < 1.29 is 33.3 Å². The number of rotatable bonds is 6. The van der Waals surface area contributed by atoms with E-state index in [1.54, 1.807) is 18.2 Å². The van der Waals surface area contributed by atoms with Crippen LogP contribution in [-0.2, 0) is 9.47 Å². The fourth-order valence-corrected chi connectivity index (χ4v) is 3.72. The number of hydrogen-bond donors (Lipinski definition) is 3. The summed E-state index contributed by atoms with van der Waals surface area (Å²) in [5.74, 6) is -0.122. The number of aliphatic hydroxyl groups excluding tert-OH is 1. The molecule has 7 nitrogen and oxygen atoms in total. The van der Waals surface area contributed by atoms with E-state index in [0.717, 1.165) is 0 Å². The summed E-state index contributed by atoms with van der Waals surface area (Å²) in [6.45, 7) is -0.331. The zero-order chi connectivity index (χ0) is 22.9. The van der Waals surface area contributed by atoms with Crippen LogP contribution in [0, 0.1) is 5.82 Å². The Bertz CT molecular complexity index is 1040. The van der Waals surface area contributed by atoms with Crippen molar-refractivity contribution in [2.45, 2.75) is 30.5 Å². The lowest BCUT2D eigenvalue weighted by molar-refractivity contribution is -0.0896. The van der Waals surface area contributed by atoms with Crippen molar-refractivity contribution >= 4 is 11.8 Å². The van der Waals surface area contributed by atoms with Gasteiger partial charge in [-0.25, -0.2) is 13.6 Å². The third kappa shape index (κ3) is 4.17. The number of ether oxygens (including phenoxy) is 2. The summed E-state index contributed by atoms with van der Waals surface area (Å²) in [4.78, 5) is 14.0. The molecule has 0 bridgehead atoms. The highest BCUT2D eigenvalue weighted by Gasteiger charge is 2.57. The van der Waals surface area contributed by atoms with Crippen LogP contribution < -0.4 is 10.6 Å². The highest BCUT2D eigenvalue weighted by atomic mass is 19.1. The van der Waals surface area contributed by atoms with Crippen LogP contribution in [0.15, 0.2) is 72.5 Å². The minimum atomic E-state index is -1.94. The molecule has 4 rings (SSSR count). The van der Waals surface area contributed by atoms with E-state index < -0.39 is 36.0 Å². The van der Waals surface area contributed by atoms with Crippen molar-refractivity contribution in [2.75, 3.05) is 11.5 Å². The molecule has 2 aromatic carbocycles. The number of nitrogens with zero attached hydrogens (tertiary/aromatic N) is 1. The largest absolute Gasteiger partial charge is 0.508 e. The fourth-order valence-electron chi connectivity index (χ4n) is 3.72. The predicted octanol–water partition coefficient (Wildman–Crippen LogP) is 3.44. The first-order valence-corrected chi connectivity index (χ1v) is 9.97. The molecule has 1 fully saturated rings. The second kappa shape index (κ2) is 8.60.